The number of hydrogen-bond acceptors (Lipinski definition) is 5. The van der Waals surface area contributed by atoms with Crippen molar-refractivity contribution in [1.29, 1.82) is 5.26 Å². The molecule has 0 bridgehead atoms. The summed E-state index contributed by atoms with van der Waals surface area (Å²) in [5.74, 6) is 0.654. The van der Waals surface area contributed by atoms with Gasteiger partial charge in [0.1, 0.15) is 17.6 Å². The fourth-order valence-corrected chi connectivity index (χ4v) is 1.38. The van der Waals surface area contributed by atoms with Crippen molar-refractivity contribution in [2.75, 3.05) is 31.2 Å². The highest BCUT2D eigenvalue weighted by Crippen LogP contribution is 2.11. The molecule has 1 rings (SSSR count). The van der Waals surface area contributed by atoms with Crippen LogP contribution in [0.1, 0.15) is 12.1 Å². The van der Waals surface area contributed by atoms with Crippen LogP contribution >= 0.6 is 0 Å². The Morgan fingerprint density at radius 3 is 2.69 bits per heavy atom. The number of nitriles is 1. The first-order valence-electron chi connectivity index (χ1n) is 5.15. The van der Waals surface area contributed by atoms with E-state index in [2.05, 4.69) is 4.98 Å². The minimum absolute atomic E-state index is 0.0177. The molecule has 0 aliphatic rings. The number of rotatable bonds is 6. The Morgan fingerprint density at radius 2 is 2.06 bits per heavy atom. The Kier molecular flexibility index (Phi) is 5.26. The van der Waals surface area contributed by atoms with Gasteiger partial charge in [-0.05, 0) is 18.6 Å². The smallest absolute Gasteiger partial charge is 0.142 e. The first kappa shape index (κ1) is 12.4. The molecule has 86 valence electrons. The van der Waals surface area contributed by atoms with Crippen LogP contribution in [-0.2, 0) is 0 Å². The van der Waals surface area contributed by atoms with Gasteiger partial charge in [-0.2, -0.15) is 5.26 Å². The van der Waals surface area contributed by atoms with Gasteiger partial charge < -0.3 is 15.1 Å². The Hall–Kier alpha value is -1.64. The predicted octanol–water partition coefficient (Wildman–Crippen LogP) is 0.134. The van der Waals surface area contributed by atoms with Gasteiger partial charge in [-0.15, -0.1) is 0 Å². The molecule has 5 heteroatoms. The molecule has 5 nitrogen and oxygen atoms in total. The van der Waals surface area contributed by atoms with E-state index >= 15 is 0 Å². The normalized spacial score (nSPS) is 9.81. The lowest BCUT2D eigenvalue weighted by Crippen LogP contribution is -2.29. The highest BCUT2D eigenvalue weighted by atomic mass is 16.3. The Labute approximate surface area is 94.6 Å². The van der Waals surface area contributed by atoms with Crippen LogP contribution < -0.4 is 4.90 Å². The van der Waals surface area contributed by atoms with E-state index in [1.165, 1.54) is 0 Å². The molecular formula is C11H15N3O2. The third-order valence-electron chi connectivity index (χ3n) is 2.13. The number of nitrogens with zero attached hydrogens (tertiary/aromatic N) is 3. The fraction of sp³-hybridized carbons (Fsp3) is 0.455. The standard InChI is InChI=1S/C11H15N3O2/c12-9-10-3-1-4-11(13-10)14(6-8-16)5-2-7-15/h1,3-4,15-16H,2,5-8H2. The minimum Gasteiger partial charge on any atom is -0.396 e. The highest BCUT2D eigenvalue weighted by Gasteiger charge is 2.07. The van der Waals surface area contributed by atoms with Crippen LogP contribution in [0.25, 0.3) is 0 Å². The zero-order valence-electron chi connectivity index (χ0n) is 9.00. The van der Waals surface area contributed by atoms with Crippen LogP contribution in [-0.4, -0.2) is 41.5 Å². The first-order valence-corrected chi connectivity index (χ1v) is 5.15. The number of anilines is 1. The van der Waals surface area contributed by atoms with Gasteiger partial charge in [-0.1, -0.05) is 6.07 Å². The maximum absolute atomic E-state index is 8.93. The molecule has 2 N–H and O–H groups in total. The number of aliphatic hydroxyl groups excluding tert-OH is 2. The van der Waals surface area contributed by atoms with Crippen molar-refractivity contribution in [1.82, 2.24) is 4.98 Å². The number of aromatic nitrogens is 1. The molecule has 0 aliphatic heterocycles. The topological polar surface area (TPSA) is 80.4 Å². The van der Waals surface area contributed by atoms with Crippen molar-refractivity contribution in [3.63, 3.8) is 0 Å². The molecule has 0 aliphatic carbocycles. The van der Waals surface area contributed by atoms with Gasteiger partial charge >= 0.3 is 0 Å². The summed E-state index contributed by atoms with van der Waals surface area (Å²) < 4.78 is 0. The molecule has 0 radical (unpaired) electrons. The van der Waals surface area contributed by atoms with E-state index in [4.69, 9.17) is 15.5 Å². The van der Waals surface area contributed by atoms with E-state index in [-0.39, 0.29) is 13.2 Å². The summed E-state index contributed by atoms with van der Waals surface area (Å²) in [5.41, 5.74) is 0.351. The monoisotopic (exact) mass is 221 g/mol. The highest BCUT2D eigenvalue weighted by molar-refractivity contribution is 5.41. The van der Waals surface area contributed by atoms with Crippen molar-refractivity contribution in [3.8, 4) is 6.07 Å². The maximum Gasteiger partial charge on any atom is 0.142 e. The van der Waals surface area contributed by atoms with Crippen LogP contribution in [0.3, 0.4) is 0 Å². The summed E-state index contributed by atoms with van der Waals surface area (Å²) in [5, 5.41) is 26.4. The molecule has 0 spiro atoms. The lowest BCUT2D eigenvalue weighted by Gasteiger charge is -2.22. The van der Waals surface area contributed by atoms with Crippen LogP contribution in [0, 0.1) is 11.3 Å². The minimum atomic E-state index is 0.0177. The van der Waals surface area contributed by atoms with E-state index in [1.54, 1.807) is 18.2 Å². The second-order valence-corrected chi connectivity index (χ2v) is 3.28. The fourth-order valence-electron chi connectivity index (χ4n) is 1.38. The van der Waals surface area contributed by atoms with Gasteiger partial charge in [0.2, 0.25) is 0 Å². The molecule has 0 unspecified atom stereocenters. The van der Waals surface area contributed by atoms with E-state index in [9.17, 15) is 0 Å². The third-order valence-corrected chi connectivity index (χ3v) is 2.13. The lowest BCUT2D eigenvalue weighted by atomic mass is 10.3. The van der Waals surface area contributed by atoms with Crippen LogP contribution in [0.5, 0.6) is 0 Å². The molecule has 0 saturated carbocycles. The average Bonchev–Trinajstić information content (AvgIpc) is 2.34. The Morgan fingerprint density at radius 1 is 1.25 bits per heavy atom. The third kappa shape index (κ3) is 3.50. The summed E-state index contributed by atoms with van der Waals surface area (Å²) >= 11 is 0. The quantitative estimate of drug-likeness (QED) is 0.714. The summed E-state index contributed by atoms with van der Waals surface area (Å²) in [6, 6.07) is 7.14. The first-order chi connectivity index (χ1) is 7.81. The second kappa shape index (κ2) is 6.77. The molecule has 1 heterocycles. The van der Waals surface area contributed by atoms with Gasteiger partial charge in [-0.25, -0.2) is 4.98 Å². The van der Waals surface area contributed by atoms with Crippen molar-refractivity contribution in [3.05, 3.63) is 23.9 Å². The maximum atomic E-state index is 8.93. The molecule has 0 atom stereocenters. The predicted molar refractivity (Wildman–Crippen MR) is 60.0 cm³/mol. The van der Waals surface area contributed by atoms with Crippen LogP contribution in [0.4, 0.5) is 5.82 Å². The SMILES string of the molecule is N#Cc1cccc(N(CCO)CCCO)n1. The lowest BCUT2D eigenvalue weighted by molar-refractivity contribution is 0.281. The van der Waals surface area contributed by atoms with Crippen molar-refractivity contribution in [2.45, 2.75) is 6.42 Å². The number of hydrogen-bond donors (Lipinski definition) is 2. The van der Waals surface area contributed by atoms with Crippen LogP contribution in [0.15, 0.2) is 18.2 Å². The molecule has 1 aromatic rings. The summed E-state index contributed by atoms with van der Waals surface area (Å²) in [7, 11) is 0. The molecule has 16 heavy (non-hydrogen) atoms. The molecule has 0 saturated heterocycles. The van der Waals surface area contributed by atoms with Gasteiger partial charge in [0.25, 0.3) is 0 Å². The van der Waals surface area contributed by atoms with Crippen molar-refractivity contribution in [2.24, 2.45) is 0 Å². The second-order valence-electron chi connectivity index (χ2n) is 3.28. The largest absolute Gasteiger partial charge is 0.396 e. The Balaban J connectivity index is 2.79. The zero-order valence-corrected chi connectivity index (χ0v) is 9.00. The molecule has 0 aromatic carbocycles. The summed E-state index contributed by atoms with van der Waals surface area (Å²) in [4.78, 5) is 5.98. The van der Waals surface area contributed by atoms with Crippen molar-refractivity contribution < 1.29 is 10.2 Å². The zero-order chi connectivity index (χ0) is 11.8. The van der Waals surface area contributed by atoms with Gasteiger partial charge in [0, 0.05) is 19.7 Å². The summed E-state index contributed by atoms with van der Waals surface area (Å²) in [6.45, 7) is 1.17. The number of pyridine rings is 1. The Bertz CT molecular complexity index is 362. The van der Waals surface area contributed by atoms with Gasteiger partial charge in [0.15, 0.2) is 0 Å². The van der Waals surface area contributed by atoms with Crippen LogP contribution in [0.2, 0.25) is 0 Å². The van der Waals surface area contributed by atoms with E-state index < -0.39 is 0 Å². The average molecular weight is 221 g/mol. The molecule has 1 aromatic heterocycles. The summed E-state index contributed by atoms with van der Waals surface area (Å²) in [6.07, 6.45) is 0.610. The van der Waals surface area contributed by atoms with E-state index in [0.717, 1.165) is 0 Å². The molecule has 0 fully saturated rings. The molecular weight excluding hydrogens is 206 g/mol. The van der Waals surface area contributed by atoms with E-state index in [0.29, 0.717) is 31.0 Å². The van der Waals surface area contributed by atoms with Gasteiger partial charge in [0.05, 0.1) is 6.61 Å². The van der Waals surface area contributed by atoms with Crippen molar-refractivity contribution >= 4 is 5.82 Å². The van der Waals surface area contributed by atoms with Gasteiger partial charge in [-0.3, -0.25) is 0 Å². The molecule has 0 amide bonds. The van der Waals surface area contributed by atoms with E-state index in [1.807, 2.05) is 11.0 Å². The number of aliphatic hydroxyl groups is 2.